The predicted octanol–water partition coefficient (Wildman–Crippen LogP) is 3.80. The van der Waals surface area contributed by atoms with Crippen molar-refractivity contribution in [3.63, 3.8) is 0 Å². The highest BCUT2D eigenvalue weighted by atomic mass is 35.5. The quantitative estimate of drug-likeness (QED) is 0.795. The van der Waals surface area contributed by atoms with E-state index < -0.39 is 0 Å². The topological polar surface area (TPSA) is 12.0 Å². The first-order chi connectivity index (χ1) is 7.25. The average molecular weight is 242 g/mol. The Labute approximate surface area is 100 Å². The molecule has 0 radical (unpaired) electrons. The molecule has 1 aliphatic rings. The van der Waals surface area contributed by atoms with Crippen LogP contribution in [0.5, 0.6) is 0 Å². The van der Waals surface area contributed by atoms with Crippen LogP contribution < -0.4 is 5.32 Å². The van der Waals surface area contributed by atoms with Crippen molar-refractivity contribution in [2.24, 2.45) is 0 Å². The van der Waals surface area contributed by atoms with Crippen LogP contribution >= 0.6 is 23.2 Å². The van der Waals surface area contributed by atoms with Gasteiger partial charge in [-0.15, -0.1) is 0 Å². The summed E-state index contributed by atoms with van der Waals surface area (Å²) in [4.78, 5) is 0. The Morgan fingerprint density at radius 3 is 2.53 bits per heavy atom. The SMILES string of the molecule is Clc1ccc(CNC2CC=CC2)cc1Cl. The number of nitrogens with one attached hydrogen (secondary N) is 1. The standard InChI is InChI=1S/C12H13Cl2N/c13-11-6-5-9(7-12(11)14)8-15-10-3-1-2-4-10/h1-2,5-7,10,15H,3-4,8H2. The van der Waals surface area contributed by atoms with Gasteiger partial charge in [0, 0.05) is 12.6 Å². The normalized spacial score (nSPS) is 16.1. The molecule has 1 N–H and O–H groups in total. The van der Waals surface area contributed by atoms with Crippen LogP contribution in [0.1, 0.15) is 18.4 Å². The first kappa shape index (κ1) is 11.0. The van der Waals surface area contributed by atoms with E-state index in [-0.39, 0.29) is 0 Å². The van der Waals surface area contributed by atoms with Crippen LogP contribution in [0, 0.1) is 0 Å². The maximum atomic E-state index is 5.94. The Balaban J connectivity index is 1.90. The highest BCUT2D eigenvalue weighted by molar-refractivity contribution is 6.42. The maximum absolute atomic E-state index is 5.94. The van der Waals surface area contributed by atoms with E-state index in [2.05, 4.69) is 17.5 Å². The van der Waals surface area contributed by atoms with Gasteiger partial charge in [-0.2, -0.15) is 0 Å². The van der Waals surface area contributed by atoms with Gasteiger partial charge in [0.25, 0.3) is 0 Å². The molecule has 1 aliphatic carbocycles. The molecule has 0 spiro atoms. The first-order valence-electron chi connectivity index (χ1n) is 5.08. The van der Waals surface area contributed by atoms with Crippen LogP contribution in [0.4, 0.5) is 0 Å². The summed E-state index contributed by atoms with van der Waals surface area (Å²) >= 11 is 11.8. The van der Waals surface area contributed by atoms with Gasteiger partial charge in [-0.3, -0.25) is 0 Å². The summed E-state index contributed by atoms with van der Waals surface area (Å²) in [5.74, 6) is 0. The van der Waals surface area contributed by atoms with Crippen molar-refractivity contribution in [2.45, 2.75) is 25.4 Å². The van der Waals surface area contributed by atoms with Crippen LogP contribution in [-0.4, -0.2) is 6.04 Å². The van der Waals surface area contributed by atoms with E-state index in [1.54, 1.807) is 0 Å². The molecule has 1 aromatic carbocycles. The minimum atomic E-state index is 0.583. The lowest BCUT2D eigenvalue weighted by molar-refractivity contribution is 0.538. The van der Waals surface area contributed by atoms with E-state index in [0.29, 0.717) is 16.1 Å². The van der Waals surface area contributed by atoms with Gasteiger partial charge in [0.05, 0.1) is 10.0 Å². The Bertz CT molecular complexity index is 366. The fourth-order valence-corrected chi connectivity index (χ4v) is 2.02. The number of hydrogen-bond donors (Lipinski definition) is 1. The van der Waals surface area contributed by atoms with E-state index in [4.69, 9.17) is 23.2 Å². The zero-order chi connectivity index (χ0) is 10.7. The molecule has 0 heterocycles. The van der Waals surface area contributed by atoms with Gasteiger partial charge in [-0.1, -0.05) is 41.4 Å². The molecule has 0 amide bonds. The summed E-state index contributed by atoms with van der Waals surface area (Å²) in [5.41, 5.74) is 1.18. The number of rotatable bonds is 3. The molecule has 0 saturated heterocycles. The maximum Gasteiger partial charge on any atom is 0.0595 e. The van der Waals surface area contributed by atoms with Crippen molar-refractivity contribution in [1.29, 1.82) is 0 Å². The molecular weight excluding hydrogens is 229 g/mol. The molecule has 3 heteroatoms. The molecule has 1 aromatic rings. The second-order valence-corrected chi connectivity index (χ2v) is 4.58. The molecule has 15 heavy (non-hydrogen) atoms. The summed E-state index contributed by atoms with van der Waals surface area (Å²) in [7, 11) is 0. The minimum absolute atomic E-state index is 0.583. The van der Waals surface area contributed by atoms with E-state index >= 15 is 0 Å². The smallest absolute Gasteiger partial charge is 0.0595 e. The van der Waals surface area contributed by atoms with Crippen molar-refractivity contribution in [3.05, 3.63) is 46.0 Å². The van der Waals surface area contributed by atoms with Gasteiger partial charge >= 0.3 is 0 Å². The van der Waals surface area contributed by atoms with Crippen LogP contribution in [0.2, 0.25) is 10.0 Å². The van der Waals surface area contributed by atoms with E-state index in [9.17, 15) is 0 Å². The van der Waals surface area contributed by atoms with Gasteiger partial charge < -0.3 is 5.32 Å². The largest absolute Gasteiger partial charge is 0.309 e. The molecular formula is C12H13Cl2N. The number of halogens is 2. The zero-order valence-electron chi connectivity index (χ0n) is 8.34. The molecule has 2 rings (SSSR count). The lowest BCUT2D eigenvalue weighted by Gasteiger charge is -2.12. The van der Waals surface area contributed by atoms with Crippen LogP contribution in [0.3, 0.4) is 0 Å². The zero-order valence-corrected chi connectivity index (χ0v) is 9.85. The van der Waals surface area contributed by atoms with E-state index in [1.807, 2.05) is 18.2 Å². The summed E-state index contributed by atoms with van der Waals surface area (Å²) in [6.07, 6.45) is 6.68. The Kier molecular flexibility index (Phi) is 3.68. The third-order valence-corrected chi connectivity index (χ3v) is 3.33. The number of hydrogen-bond acceptors (Lipinski definition) is 1. The van der Waals surface area contributed by atoms with Crippen molar-refractivity contribution >= 4 is 23.2 Å². The Morgan fingerprint density at radius 1 is 1.13 bits per heavy atom. The van der Waals surface area contributed by atoms with Crippen molar-refractivity contribution in [2.75, 3.05) is 0 Å². The van der Waals surface area contributed by atoms with E-state index in [0.717, 1.165) is 19.4 Å². The van der Waals surface area contributed by atoms with Gasteiger partial charge in [0.1, 0.15) is 0 Å². The predicted molar refractivity (Wildman–Crippen MR) is 65.5 cm³/mol. The van der Waals surface area contributed by atoms with Gasteiger partial charge in [-0.25, -0.2) is 0 Å². The molecule has 0 aliphatic heterocycles. The van der Waals surface area contributed by atoms with Crippen molar-refractivity contribution in [3.8, 4) is 0 Å². The summed E-state index contributed by atoms with van der Waals surface area (Å²) in [6, 6.07) is 6.34. The summed E-state index contributed by atoms with van der Waals surface area (Å²) < 4.78 is 0. The van der Waals surface area contributed by atoms with E-state index in [1.165, 1.54) is 5.56 Å². The minimum Gasteiger partial charge on any atom is -0.309 e. The molecule has 0 atom stereocenters. The molecule has 0 aromatic heterocycles. The third kappa shape index (κ3) is 2.97. The molecule has 0 unspecified atom stereocenters. The van der Waals surface area contributed by atoms with Crippen LogP contribution in [0.25, 0.3) is 0 Å². The van der Waals surface area contributed by atoms with Crippen molar-refractivity contribution in [1.82, 2.24) is 5.32 Å². The Hall–Kier alpha value is -0.500. The lowest BCUT2D eigenvalue weighted by atomic mass is 10.2. The molecule has 0 bridgehead atoms. The summed E-state index contributed by atoms with van der Waals surface area (Å²) in [6.45, 7) is 0.850. The monoisotopic (exact) mass is 241 g/mol. The number of benzene rings is 1. The fraction of sp³-hybridized carbons (Fsp3) is 0.333. The molecule has 0 fully saturated rings. The molecule has 0 saturated carbocycles. The van der Waals surface area contributed by atoms with Gasteiger partial charge in [-0.05, 0) is 30.5 Å². The average Bonchev–Trinajstić information content (AvgIpc) is 2.73. The van der Waals surface area contributed by atoms with Crippen LogP contribution in [-0.2, 0) is 6.54 Å². The second-order valence-electron chi connectivity index (χ2n) is 3.77. The highest BCUT2D eigenvalue weighted by Crippen LogP contribution is 2.22. The van der Waals surface area contributed by atoms with Crippen LogP contribution in [0.15, 0.2) is 30.4 Å². The van der Waals surface area contributed by atoms with Gasteiger partial charge in [0.2, 0.25) is 0 Å². The first-order valence-corrected chi connectivity index (χ1v) is 5.83. The highest BCUT2D eigenvalue weighted by Gasteiger charge is 2.09. The second kappa shape index (κ2) is 5.02. The summed E-state index contributed by atoms with van der Waals surface area (Å²) in [5, 5.41) is 4.72. The van der Waals surface area contributed by atoms with Crippen molar-refractivity contribution < 1.29 is 0 Å². The third-order valence-electron chi connectivity index (χ3n) is 2.59. The molecule has 1 nitrogen and oxygen atoms in total. The Morgan fingerprint density at radius 2 is 1.87 bits per heavy atom. The van der Waals surface area contributed by atoms with Gasteiger partial charge in [0.15, 0.2) is 0 Å². The molecule has 80 valence electrons. The lowest BCUT2D eigenvalue weighted by Crippen LogP contribution is -2.25. The fourth-order valence-electron chi connectivity index (χ4n) is 1.70.